The number of benzene rings is 1. The lowest BCUT2D eigenvalue weighted by molar-refractivity contribution is -0.121. The third-order valence-electron chi connectivity index (χ3n) is 3.54. The predicted octanol–water partition coefficient (Wildman–Crippen LogP) is 0.769. The van der Waals surface area contributed by atoms with Crippen LogP contribution in [0.3, 0.4) is 0 Å². The number of hydrogen-bond donors (Lipinski definition) is 2. The average molecular weight is 275 g/mol. The highest BCUT2D eigenvalue weighted by molar-refractivity contribution is 6.07. The Morgan fingerprint density at radius 2 is 2.40 bits per heavy atom. The zero-order valence-corrected chi connectivity index (χ0v) is 11.3. The number of rotatable bonds is 4. The molecule has 6 heteroatoms. The smallest absolute Gasteiger partial charge is 0.249 e. The number of carbonyl (C=O) groups excluding carboxylic acids is 1. The monoisotopic (exact) mass is 275 g/mol. The molecule has 1 atom stereocenters. The van der Waals surface area contributed by atoms with Gasteiger partial charge in [-0.3, -0.25) is 10.1 Å². The molecule has 0 saturated carbocycles. The number of guanidine groups is 1. The summed E-state index contributed by atoms with van der Waals surface area (Å²) in [5.41, 5.74) is 1.90. The van der Waals surface area contributed by atoms with Gasteiger partial charge in [-0.15, -0.1) is 0 Å². The minimum Gasteiger partial charge on any atom is -0.493 e. The van der Waals surface area contributed by atoms with Crippen LogP contribution in [-0.4, -0.2) is 41.1 Å². The lowest BCUT2D eigenvalue weighted by Gasteiger charge is -2.26. The highest BCUT2D eigenvalue weighted by Crippen LogP contribution is 2.31. The summed E-state index contributed by atoms with van der Waals surface area (Å²) < 4.78 is 5.56. The SMILES string of the molecule is CC1C(=O)NC2=Nc3ccc(OCCCO)cc3CN21. The first-order chi connectivity index (χ1) is 9.69. The van der Waals surface area contributed by atoms with Gasteiger partial charge in [-0.25, -0.2) is 4.99 Å². The standard InChI is InChI=1S/C14H17N3O3/c1-9-13(19)16-14-15-12-4-3-11(20-6-2-5-18)7-10(12)8-17(9)14/h3-4,7,9,18H,2,5-6,8H2,1H3,(H,15,16,19). The van der Waals surface area contributed by atoms with E-state index in [0.29, 0.717) is 25.5 Å². The van der Waals surface area contributed by atoms with E-state index in [-0.39, 0.29) is 18.6 Å². The fourth-order valence-corrected chi connectivity index (χ4v) is 2.35. The van der Waals surface area contributed by atoms with Crippen LogP contribution in [0.5, 0.6) is 5.75 Å². The maximum Gasteiger partial charge on any atom is 0.249 e. The van der Waals surface area contributed by atoms with Crippen LogP contribution in [0.2, 0.25) is 0 Å². The molecular formula is C14H17N3O3. The van der Waals surface area contributed by atoms with E-state index in [1.54, 1.807) is 0 Å². The Kier molecular flexibility index (Phi) is 3.31. The van der Waals surface area contributed by atoms with Crippen LogP contribution >= 0.6 is 0 Å². The quantitative estimate of drug-likeness (QED) is 0.796. The number of ether oxygens (including phenoxy) is 1. The molecule has 6 nitrogen and oxygen atoms in total. The first kappa shape index (κ1) is 12.9. The molecule has 1 aromatic rings. The van der Waals surface area contributed by atoms with Gasteiger partial charge in [0.1, 0.15) is 11.8 Å². The van der Waals surface area contributed by atoms with Crippen molar-refractivity contribution in [2.24, 2.45) is 4.99 Å². The molecule has 2 aliphatic heterocycles. The van der Waals surface area contributed by atoms with Gasteiger partial charge < -0.3 is 14.7 Å². The third kappa shape index (κ3) is 2.22. The van der Waals surface area contributed by atoms with Gasteiger partial charge in [-0.2, -0.15) is 0 Å². The van der Waals surface area contributed by atoms with Gasteiger partial charge in [0, 0.05) is 25.1 Å². The van der Waals surface area contributed by atoms with E-state index in [0.717, 1.165) is 17.0 Å². The van der Waals surface area contributed by atoms with Gasteiger partial charge in [0.15, 0.2) is 0 Å². The Balaban J connectivity index is 1.80. The Morgan fingerprint density at radius 3 is 3.20 bits per heavy atom. The van der Waals surface area contributed by atoms with Crippen molar-refractivity contribution >= 4 is 17.6 Å². The number of amides is 1. The van der Waals surface area contributed by atoms with E-state index in [1.165, 1.54) is 0 Å². The van der Waals surface area contributed by atoms with Crippen molar-refractivity contribution in [1.29, 1.82) is 0 Å². The van der Waals surface area contributed by atoms with E-state index in [4.69, 9.17) is 9.84 Å². The van der Waals surface area contributed by atoms with E-state index >= 15 is 0 Å². The molecule has 0 aromatic heterocycles. The van der Waals surface area contributed by atoms with E-state index in [1.807, 2.05) is 30.0 Å². The molecule has 1 unspecified atom stereocenters. The van der Waals surface area contributed by atoms with Crippen LogP contribution in [0.4, 0.5) is 5.69 Å². The number of nitrogens with one attached hydrogen (secondary N) is 1. The highest BCUT2D eigenvalue weighted by atomic mass is 16.5. The van der Waals surface area contributed by atoms with Crippen LogP contribution in [0.1, 0.15) is 18.9 Å². The van der Waals surface area contributed by atoms with Crippen molar-refractivity contribution < 1.29 is 14.6 Å². The molecule has 0 spiro atoms. The Bertz CT molecular complexity index is 571. The second-order valence-electron chi connectivity index (χ2n) is 4.94. The first-order valence-electron chi connectivity index (χ1n) is 6.72. The van der Waals surface area contributed by atoms with E-state index in [9.17, 15) is 4.79 Å². The maximum atomic E-state index is 11.7. The molecular weight excluding hydrogens is 258 g/mol. The van der Waals surface area contributed by atoms with Crippen LogP contribution in [0, 0.1) is 0 Å². The fourth-order valence-electron chi connectivity index (χ4n) is 2.35. The third-order valence-corrected chi connectivity index (χ3v) is 3.54. The summed E-state index contributed by atoms with van der Waals surface area (Å²) in [5.74, 6) is 1.38. The number of aliphatic imine (C=N–C) groups is 1. The number of fused-ring (bicyclic) bond motifs is 2. The van der Waals surface area contributed by atoms with Gasteiger partial charge in [0.2, 0.25) is 11.9 Å². The zero-order valence-electron chi connectivity index (χ0n) is 11.3. The molecule has 2 aliphatic rings. The molecule has 1 aromatic carbocycles. The molecule has 1 saturated heterocycles. The molecule has 2 N–H and O–H groups in total. The number of hydrogen-bond acceptors (Lipinski definition) is 5. The van der Waals surface area contributed by atoms with E-state index < -0.39 is 0 Å². The summed E-state index contributed by atoms with van der Waals surface area (Å²) in [5, 5.41) is 11.5. The summed E-state index contributed by atoms with van der Waals surface area (Å²) in [4.78, 5) is 18.1. The van der Waals surface area contributed by atoms with Gasteiger partial charge >= 0.3 is 0 Å². The molecule has 106 valence electrons. The van der Waals surface area contributed by atoms with Crippen molar-refractivity contribution in [3.63, 3.8) is 0 Å². The number of aliphatic hydroxyl groups excluding tert-OH is 1. The molecule has 1 amide bonds. The molecule has 3 rings (SSSR count). The second-order valence-corrected chi connectivity index (χ2v) is 4.94. The summed E-state index contributed by atoms with van der Waals surface area (Å²) >= 11 is 0. The van der Waals surface area contributed by atoms with Gasteiger partial charge in [0.25, 0.3) is 0 Å². The Hall–Kier alpha value is -2.08. The van der Waals surface area contributed by atoms with Crippen LogP contribution in [-0.2, 0) is 11.3 Å². The molecule has 1 fully saturated rings. The number of nitrogens with zero attached hydrogens (tertiary/aromatic N) is 2. The number of aliphatic hydroxyl groups is 1. The largest absolute Gasteiger partial charge is 0.493 e. The van der Waals surface area contributed by atoms with Gasteiger partial charge in [-0.05, 0) is 25.1 Å². The molecule has 0 aliphatic carbocycles. The maximum absolute atomic E-state index is 11.7. The highest BCUT2D eigenvalue weighted by Gasteiger charge is 2.35. The van der Waals surface area contributed by atoms with Crippen molar-refractivity contribution in [3.05, 3.63) is 23.8 Å². The summed E-state index contributed by atoms with van der Waals surface area (Å²) in [7, 11) is 0. The molecule has 20 heavy (non-hydrogen) atoms. The average Bonchev–Trinajstić information content (AvgIpc) is 2.72. The van der Waals surface area contributed by atoms with Crippen LogP contribution < -0.4 is 10.1 Å². The van der Waals surface area contributed by atoms with Crippen molar-refractivity contribution in [1.82, 2.24) is 10.2 Å². The minimum absolute atomic E-state index is 0.0176. The van der Waals surface area contributed by atoms with Crippen molar-refractivity contribution in [2.45, 2.75) is 25.9 Å². The second kappa shape index (κ2) is 5.13. The first-order valence-corrected chi connectivity index (χ1v) is 6.72. The zero-order chi connectivity index (χ0) is 14.1. The van der Waals surface area contributed by atoms with Crippen molar-refractivity contribution in [3.8, 4) is 5.75 Å². The van der Waals surface area contributed by atoms with Crippen molar-refractivity contribution in [2.75, 3.05) is 13.2 Å². The van der Waals surface area contributed by atoms with Crippen LogP contribution in [0.15, 0.2) is 23.2 Å². The number of carbonyl (C=O) groups is 1. The summed E-state index contributed by atoms with van der Waals surface area (Å²) in [6.07, 6.45) is 0.612. The fraction of sp³-hybridized carbons (Fsp3) is 0.429. The van der Waals surface area contributed by atoms with Gasteiger partial charge in [0.05, 0.1) is 12.3 Å². The Labute approximate surface area is 117 Å². The Morgan fingerprint density at radius 1 is 1.55 bits per heavy atom. The van der Waals surface area contributed by atoms with Crippen LogP contribution in [0.25, 0.3) is 0 Å². The molecule has 2 heterocycles. The summed E-state index contributed by atoms with van der Waals surface area (Å²) in [6.45, 7) is 3.12. The minimum atomic E-state index is -0.194. The predicted molar refractivity (Wildman–Crippen MR) is 73.9 cm³/mol. The molecule has 0 bridgehead atoms. The lowest BCUT2D eigenvalue weighted by Crippen LogP contribution is -2.35. The summed E-state index contributed by atoms with van der Waals surface area (Å²) in [6, 6.07) is 5.50. The molecule has 0 radical (unpaired) electrons. The van der Waals surface area contributed by atoms with Gasteiger partial charge in [-0.1, -0.05) is 0 Å². The van der Waals surface area contributed by atoms with E-state index in [2.05, 4.69) is 10.3 Å². The lowest BCUT2D eigenvalue weighted by atomic mass is 10.1. The topological polar surface area (TPSA) is 74.2 Å². The normalized spacial score (nSPS) is 20.1.